The summed E-state index contributed by atoms with van der Waals surface area (Å²) in [5, 5.41) is 7.15. The first-order valence-corrected chi connectivity index (χ1v) is 6.79. The van der Waals surface area contributed by atoms with Crippen molar-refractivity contribution >= 4 is 34.2 Å². The largest absolute Gasteiger partial charge is 0.321 e. The standard InChI is InChI=1S/C13H14IN3O/c1-3-17-12(7-9(2)16-17)13(18)15-11-6-4-5-10(14)8-11/h4-8H,3H2,1-2H3,(H,15,18). The Morgan fingerprint density at radius 3 is 2.89 bits per heavy atom. The van der Waals surface area contributed by atoms with Gasteiger partial charge in [0.25, 0.3) is 5.91 Å². The van der Waals surface area contributed by atoms with E-state index in [9.17, 15) is 4.79 Å². The van der Waals surface area contributed by atoms with Gasteiger partial charge >= 0.3 is 0 Å². The number of aryl methyl sites for hydroxylation is 2. The Morgan fingerprint density at radius 1 is 1.44 bits per heavy atom. The number of hydrogen-bond donors (Lipinski definition) is 1. The van der Waals surface area contributed by atoms with E-state index < -0.39 is 0 Å². The highest BCUT2D eigenvalue weighted by Gasteiger charge is 2.13. The summed E-state index contributed by atoms with van der Waals surface area (Å²) >= 11 is 2.22. The fraction of sp³-hybridized carbons (Fsp3) is 0.231. The maximum atomic E-state index is 12.1. The van der Waals surface area contributed by atoms with E-state index in [4.69, 9.17) is 0 Å². The fourth-order valence-corrected chi connectivity index (χ4v) is 2.27. The molecule has 0 fully saturated rings. The molecule has 0 aliphatic carbocycles. The Labute approximate surface area is 120 Å². The molecule has 0 saturated carbocycles. The maximum absolute atomic E-state index is 12.1. The van der Waals surface area contributed by atoms with Crippen LogP contribution in [0.2, 0.25) is 0 Å². The van der Waals surface area contributed by atoms with Gasteiger partial charge in [0, 0.05) is 15.8 Å². The van der Waals surface area contributed by atoms with Crippen LogP contribution in [0.1, 0.15) is 23.1 Å². The zero-order valence-electron chi connectivity index (χ0n) is 10.3. The van der Waals surface area contributed by atoms with E-state index in [1.165, 1.54) is 0 Å². The molecule has 0 aliphatic rings. The summed E-state index contributed by atoms with van der Waals surface area (Å²) in [5.74, 6) is -0.126. The molecule has 2 aromatic rings. The van der Waals surface area contributed by atoms with Crippen LogP contribution in [0.5, 0.6) is 0 Å². The Balaban J connectivity index is 2.21. The number of carbonyl (C=O) groups is 1. The molecule has 94 valence electrons. The fourth-order valence-electron chi connectivity index (χ4n) is 1.73. The van der Waals surface area contributed by atoms with Crippen molar-refractivity contribution in [1.82, 2.24) is 9.78 Å². The Morgan fingerprint density at radius 2 is 2.22 bits per heavy atom. The van der Waals surface area contributed by atoms with Gasteiger partial charge in [-0.1, -0.05) is 6.07 Å². The molecule has 0 unspecified atom stereocenters. The van der Waals surface area contributed by atoms with Crippen LogP contribution in [0.15, 0.2) is 30.3 Å². The first-order chi connectivity index (χ1) is 8.60. The molecule has 18 heavy (non-hydrogen) atoms. The van der Waals surface area contributed by atoms with Gasteiger partial charge in [-0.05, 0) is 60.7 Å². The third kappa shape index (κ3) is 2.90. The predicted molar refractivity (Wildman–Crippen MR) is 79.8 cm³/mol. The first-order valence-electron chi connectivity index (χ1n) is 5.71. The van der Waals surface area contributed by atoms with Gasteiger partial charge in [0.2, 0.25) is 0 Å². The maximum Gasteiger partial charge on any atom is 0.273 e. The highest BCUT2D eigenvalue weighted by molar-refractivity contribution is 14.1. The highest BCUT2D eigenvalue weighted by atomic mass is 127. The Bertz CT molecular complexity index is 577. The highest BCUT2D eigenvalue weighted by Crippen LogP contribution is 2.14. The number of benzene rings is 1. The molecule has 0 spiro atoms. The van der Waals surface area contributed by atoms with Crippen LogP contribution in [-0.4, -0.2) is 15.7 Å². The van der Waals surface area contributed by atoms with Gasteiger partial charge in [0.15, 0.2) is 0 Å². The summed E-state index contributed by atoms with van der Waals surface area (Å²) in [5.41, 5.74) is 2.24. The van der Waals surface area contributed by atoms with E-state index in [1.807, 2.05) is 38.1 Å². The molecule has 4 nitrogen and oxygen atoms in total. The van der Waals surface area contributed by atoms with Crippen molar-refractivity contribution in [2.24, 2.45) is 0 Å². The van der Waals surface area contributed by atoms with Gasteiger partial charge in [-0.2, -0.15) is 5.10 Å². The van der Waals surface area contributed by atoms with Gasteiger partial charge < -0.3 is 5.32 Å². The summed E-state index contributed by atoms with van der Waals surface area (Å²) in [6.45, 7) is 4.53. The second-order valence-corrected chi connectivity index (χ2v) is 5.20. The quantitative estimate of drug-likeness (QED) is 0.861. The number of nitrogens with zero attached hydrogens (tertiary/aromatic N) is 2. The molecule has 0 atom stereocenters. The van der Waals surface area contributed by atoms with E-state index in [0.29, 0.717) is 12.2 Å². The Kier molecular flexibility index (Phi) is 4.00. The molecule has 1 N–H and O–H groups in total. The third-order valence-corrected chi connectivity index (χ3v) is 3.19. The lowest BCUT2D eigenvalue weighted by Gasteiger charge is -2.06. The monoisotopic (exact) mass is 355 g/mol. The zero-order valence-corrected chi connectivity index (χ0v) is 12.4. The molecule has 5 heteroatoms. The zero-order chi connectivity index (χ0) is 13.1. The van der Waals surface area contributed by atoms with Gasteiger partial charge in [0.05, 0.1) is 5.69 Å². The second kappa shape index (κ2) is 5.51. The van der Waals surface area contributed by atoms with Crippen molar-refractivity contribution in [3.05, 3.63) is 45.3 Å². The topological polar surface area (TPSA) is 46.9 Å². The first kappa shape index (κ1) is 13.1. The Hall–Kier alpha value is -1.37. The van der Waals surface area contributed by atoms with Crippen LogP contribution in [0.3, 0.4) is 0 Å². The lowest BCUT2D eigenvalue weighted by molar-refractivity contribution is 0.101. The minimum Gasteiger partial charge on any atom is -0.321 e. The molecule has 1 aromatic heterocycles. The molecule has 0 saturated heterocycles. The predicted octanol–water partition coefficient (Wildman–Crippen LogP) is 3.07. The number of nitrogens with one attached hydrogen (secondary N) is 1. The van der Waals surface area contributed by atoms with Crippen molar-refractivity contribution in [2.45, 2.75) is 20.4 Å². The number of halogens is 1. The summed E-state index contributed by atoms with van der Waals surface area (Å²) in [4.78, 5) is 12.1. The number of hydrogen-bond acceptors (Lipinski definition) is 2. The van der Waals surface area contributed by atoms with Crippen LogP contribution in [0.4, 0.5) is 5.69 Å². The van der Waals surface area contributed by atoms with Crippen molar-refractivity contribution < 1.29 is 4.79 Å². The molecular formula is C13H14IN3O. The third-order valence-electron chi connectivity index (χ3n) is 2.52. The number of rotatable bonds is 3. The van der Waals surface area contributed by atoms with Gasteiger partial charge in [-0.25, -0.2) is 0 Å². The van der Waals surface area contributed by atoms with E-state index in [1.54, 1.807) is 10.7 Å². The van der Waals surface area contributed by atoms with Crippen molar-refractivity contribution in [1.29, 1.82) is 0 Å². The van der Waals surface area contributed by atoms with Crippen molar-refractivity contribution in [3.63, 3.8) is 0 Å². The normalized spacial score (nSPS) is 10.4. The van der Waals surface area contributed by atoms with E-state index in [0.717, 1.165) is 15.0 Å². The van der Waals surface area contributed by atoms with Crippen LogP contribution in [-0.2, 0) is 6.54 Å². The summed E-state index contributed by atoms with van der Waals surface area (Å²) in [6.07, 6.45) is 0. The molecule has 1 amide bonds. The number of carbonyl (C=O) groups excluding carboxylic acids is 1. The minimum atomic E-state index is -0.126. The summed E-state index contributed by atoms with van der Waals surface area (Å²) in [6, 6.07) is 9.50. The van der Waals surface area contributed by atoms with Gasteiger partial charge in [0.1, 0.15) is 5.69 Å². The van der Waals surface area contributed by atoms with Crippen LogP contribution >= 0.6 is 22.6 Å². The van der Waals surface area contributed by atoms with E-state index >= 15 is 0 Å². The molecule has 2 rings (SSSR count). The molecule has 0 radical (unpaired) electrons. The number of anilines is 1. The lowest BCUT2D eigenvalue weighted by atomic mass is 10.3. The summed E-state index contributed by atoms with van der Waals surface area (Å²) in [7, 11) is 0. The molecule has 0 aliphatic heterocycles. The minimum absolute atomic E-state index is 0.126. The van der Waals surface area contributed by atoms with Crippen molar-refractivity contribution in [3.8, 4) is 0 Å². The average Bonchev–Trinajstić information content (AvgIpc) is 2.70. The van der Waals surface area contributed by atoms with Crippen LogP contribution < -0.4 is 5.32 Å². The van der Waals surface area contributed by atoms with Crippen LogP contribution in [0.25, 0.3) is 0 Å². The van der Waals surface area contributed by atoms with E-state index in [-0.39, 0.29) is 5.91 Å². The van der Waals surface area contributed by atoms with Gasteiger partial charge in [-0.3, -0.25) is 9.48 Å². The average molecular weight is 355 g/mol. The second-order valence-electron chi connectivity index (χ2n) is 3.95. The summed E-state index contributed by atoms with van der Waals surface area (Å²) < 4.78 is 2.80. The van der Waals surface area contributed by atoms with Crippen molar-refractivity contribution in [2.75, 3.05) is 5.32 Å². The smallest absolute Gasteiger partial charge is 0.273 e. The molecule has 0 bridgehead atoms. The van der Waals surface area contributed by atoms with E-state index in [2.05, 4.69) is 33.0 Å². The molecule has 1 aromatic carbocycles. The molecule has 1 heterocycles. The lowest BCUT2D eigenvalue weighted by Crippen LogP contribution is -2.17. The van der Waals surface area contributed by atoms with Gasteiger partial charge in [-0.15, -0.1) is 0 Å². The SMILES string of the molecule is CCn1nc(C)cc1C(=O)Nc1cccc(I)c1. The number of amides is 1. The number of aromatic nitrogens is 2. The molecular weight excluding hydrogens is 341 g/mol. The van der Waals surface area contributed by atoms with Crippen LogP contribution in [0, 0.1) is 10.5 Å².